The molecule has 1 aromatic rings. The highest BCUT2D eigenvalue weighted by atomic mass is 32.2. The molecule has 0 saturated carbocycles. The molecule has 5 nitrogen and oxygen atoms in total. The van der Waals surface area contributed by atoms with E-state index in [4.69, 9.17) is 9.47 Å². The van der Waals surface area contributed by atoms with Crippen LogP contribution in [0.15, 0.2) is 35.2 Å². The van der Waals surface area contributed by atoms with Gasteiger partial charge in [0.2, 0.25) is 0 Å². The van der Waals surface area contributed by atoms with Gasteiger partial charge in [-0.1, -0.05) is 30.0 Å². The molecule has 0 aromatic heterocycles. The number of rotatable bonds is 3. The molecule has 1 aliphatic rings. The third-order valence-corrected chi connectivity index (χ3v) is 4.24. The standard InChI is InChI=1S/C14H18O5S/c1-8-11(16)12(17)13(19-9(2)15)14(18-8)20-10-6-4-3-5-7-10/h3-8,11-14,16-17H,1-2H3/t8?,11-,12?,13+,14+/m0/s1. The molecule has 1 saturated heterocycles. The minimum atomic E-state index is -1.16. The number of ether oxygens (including phenoxy) is 2. The molecular weight excluding hydrogens is 280 g/mol. The van der Waals surface area contributed by atoms with Gasteiger partial charge in [0.05, 0.1) is 6.10 Å². The molecule has 2 N–H and O–H groups in total. The molecule has 1 heterocycles. The van der Waals surface area contributed by atoms with E-state index in [0.29, 0.717) is 0 Å². The van der Waals surface area contributed by atoms with Crippen LogP contribution in [0.1, 0.15) is 13.8 Å². The minimum Gasteiger partial charge on any atom is -0.456 e. The Morgan fingerprint density at radius 1 is 1.25 bits per heavy atom. The zero-order valence-corrected chi connectivity index (χ0v) is 12.1. The lowest BCUT2D eigenvalue weighted by Crippen LogP contribution is -2.56. The second-order valence-corrected chi connectivity index (χ2v) is 5.87. The predicted octanol–water partition coefficient (Wildman–Crippen LogP) is 1.18. The van der Waals surface area contributed by atoms with Crippen LogP contribution in [-0.2, 0) is 14.3 Å². The third-order valence-electron chi connectivity index (χ3n) is 3.08. The van der Waals surface area contributed by atoms with Crippen LogP contribution in [0.5, 0.6) is 0 Å². The molecule has 0 amide bonds. The van der Waals surface area contributed by atoms with E-state index in [2.05, 4.69) is 0 Å². The summed E-state index contributed by atoms with van der Waals surface area (Å²) in [6, 6.07) is 9.49. The highest BCUT2D eigenvalue weighted by Crippen LogP contribution is 2.34. The lowest BCUT2D eigenvalue weighted by molar-refractivity contribution is -0.209. The van der Waals surface area contributed by atoms with Crippen molar-refractivity contribution in [1.82, 2.24) is 0 Å². The van der Waals surface area contributed by atoms with E-state index in [1.54, 1.807) is 6.92 Å². The van der Waals surface area contributed by atoms with E-state index >= 15 is 0 Å². The first kappa shape index (κ1) is 15.3. The molecule has 0 aliphatic carbocycles. The zero-order chi connectivity index (χ0) is 14.7. The first-order chi connectivity index (χ1) is 9.49. The van der Waals surface area contributed by atoms with Gasteiger partial charge in [0.15, 0.2) is 6.10 Å². The Morgan fingerprint density at radius 2 is 1.90 bits per heavy atom. The van der Waals surface area contributed by atoms with Crippen LogP contribution < -0.4 is 0 Å². The smallest absolute Gasteiger partial charge is 0.303 e. The molecule has 1 fully saturated rings. The molecule has 2 unspecified atom stereocenters. The van der Waals surface area contributed by atoms with E-state index in [0.717, 1.165) is 4.90 Å². The van der Waals surface area contributed by atoms with Crippen molar-refractivity contribution in [1.29, 1.82) is 0 Å². The summed E-state index contributed by atoms with van der Waals surface area (Å²) in [5, 5.41) is 19.9. The van der Waals surface area contributed by atoms with Crippen LogP contribution in [0, 0.1) is 0 Å². The van der Waals surface area contributed by atoms with Crippen LogP contribution in [0.4, 0.5) is 0 Å². The summed E-state index contributed by atoms with van der Waals surface area (Å²) >= 11 is 1.35. The second kappa shape index (κ2) is 6.58. The summed E-state index contributed by atoms with van der Waals surface area (Å²) in [5.41, 5.74) is -0.560. The number of aliphatic hydroxyl groups excluding tert-OH is 2. The minimum absolute atomic E-state index is 0.516. The number of esters is 1. The van der Waals surface area contributed by atoms with E-state index in [9.17, 15) is 15.0 Å². The van der Waals surface area contributed by atoms with Gasteiger partial charge in [0, 0.05) is 11.8 Å². The van der Waals surface area contributed by atoms with E-state index in [-0.39, 0.29) is 0 Å². The maximum absolute atomic E-state index is 11.2. The fourth-order valence-electron chi connectivity index (χ4n) is 2.05. The maximum atomic E-state index is 11.2. The largest absolute Gasteiger partial charge is 0.456 e. The van der Waals surface area contributed by atoms with Gasteiger partial charge < -0.3 is 19.7 Å². The van der Waals surface area contributed by atoms with Crippen molar-refractivity contribution in [2.24, 2.45) is 0 Å². The van der Waals surface area contributed by atoms with Gasteiger partial charge in [-0.2, -0.15) is 0 Å². The summed E-state index contributed by atoms with van der Waals surface area (Å²) in [6.45, 7) is 2.94. The number of thioether (sulfide) groups is 1. The lowest BCUT2D eigenvalue weighted by atomic mass is 10.0. The van der Waals surface area contributed by atoms with Crippen LogP contribution in [0.3, 0.4) is 0 Å². The van der Waals surface area contributed by atoms with Crippen LogP contribution in [0.25, 0.3) is 0 Å². The van der Waals surface area contributed by atoms with Crippen molar-refractivity contribution in [2.75, 3.05) is 0 Å². The Labute approximate surface area is 121 Å². The van der Waals surface area contributed by atoms with Crippen molar-refractivity contribution in [3.63, 3.8) is 0 Å². The first-order valence-electron chi connectivity index (χ1n) is 6.39. The average Bonchev–Trinajstić information content (AvgIpc) is 2.42. The Bertz CT molecular complexity index is 452. The monoisotopic (exact) mass is 298 g/mol. The summed E-state index contributed by atoms with van der Waals surface area (Å²) in [4.78, 5) is 12.1. The third kappa shape index (κ3) is 3.52. The van der Waals surface area contributed by atoms with Gasteiger partial charge in [-0.25, -0.2) is 0 Å². The number of hydrogen-bond acceptors (Lipinski definition) is 6. The molecule has 20 heavy (non-hydrogen) atoms. The van der Waals surface area contributed by atoms with E-state index in [1.807, 2.05) is 30.3 Å². The van der Waals surface area contributed by atoms with Crippen molar-refractivity contribution >= 4 is 17.7 Å². The van der Waals surface area contributed by atoms with E-state index < -0.39 is 35.8 Å². The maximum Gasteiger partial charge on any atom is 0.303 e. The Morgan fingerprint density at radius 3 is 2.50 bits per heavy atom. The Hall–Kier alpha value is -1.08. The Kier molecular flexibility index (Phi) is 5.04. The highest BCUT2D eigenvalue weighted by Gasteiger charge is 2.45. The van der Waals surface area contributed by atoms with Crippen LogP contribution in [-0.4, -0.2) is 46.0 Å². The molecule has 6 heteroatoms. The molecule has 1 aromatic carbocycles. The quantitative estimate of drug-likeness (QED) is 0.816. The number of carbonyl (C=O) groups excluding carboxylic acids is 1. The molecule has 5 atom stereocenters. The number of carbonyl (C=O) groups is 1. The molecule has 0 spiro atoms. The van der Waals surface area contributed by atoms with Crippen molar-refractivity contribution in [3.05, 3.63) is 30.3 Å². The number of hydrogen-bond donors (Lipinski definition) is 2. The van der Waals surface area contributed by atoms with Gasteiger partial charge in [-0.3, -0.25) is 4.79 Å². The SMILES string of the molecule is CC(=O)O[C@@H]1C(O)[C@@H](O)C(C)O[C@@H]1Sc1ccccc1. The van der Waals surface area contributed by atoms with Crippen LogP contribution in [0.2, 0.25) is 0 Å². The van der Waals surface area contributed by atoms with Crippen molar-refractivity contribution < 1.29 is 24.5 Å². The van der Waals surface area contributed by atoms with Crippen molar-refractivity contribution in [3.8, 4) is 0 Å². The molecule has 110 valence electrons. The topological polar surface area (TPSA) is 76.0 Å². The van der Waals surface area contributed by atoms with E-state index in [1.165, 1.54) is 18.7 Å². The average molecular weight is 298 g/mol. The molecule has 1 aliphatic heterocycles. The fourth-order valence-corrected chi connectivity index (χ4v) is 3.21. The van der Waals surface area contributed by atoms with Gasteiger partial charge in [-0.15, -0.1) is 0 Å². The predicted molar refractivity (Wildman–Crippen MR) is 74.2 cm³/mol. The first-order valence-corrected chi connectivity index (χ1v) is 7.27. The zero-order valence-electron chi connectivity index (χ0n) is 11.3. The van der Waals surface area contributed by atoms with Gasteiger partial charge in [0.1, 0.15) is 17.6 Å². The number of aliphatic hydroxyl groups is 2. The number of benzene rings is 1. The summed E-state index contributed by atoms with van der Waals surface area (Å²) < 4.78 is 10.8. The highest BCUT2D eigenvalue weighted by molar-refractivity contribution is 7.99. The Balaban J connectivity index is 2.16. The van der Waals surface area contributed by atoms with Gasteiger partial charge >= 0.3 is 5.97 Å². The lowest BCUT2D eigenvalue weighted by Gasteiger charge is -2.40. The molecular formula is C14H18O5S. The summed E-state index contributed by atoms with van der Waals surface area (Å²) in [7, 11) is 0. The summed E-state index contributed by atoms with van der Waals surface area (Å²) in [6.07, 6.45) is -3.67. The molecule has 0 radical (unpaired) electrons. The van der Waals surface area contributed by atoms with Crippen molar-refractivity contribution in [2.45, 2.75) is 48.6 Å². The molecule has 0 bridgehead atoms. The summed E-state index contributed by atoms with van der Waals surface area (Å²) in [5.74, 6) is -0.516. The fraction of sp³-hybridized carbons (Fsp3) is 0.500. The second-order valence-electron chi connectivity index (χ2n) is 4.70. The van der Waals surface area contributed by atoms with Crippen LogP contribution >= 0.6 is 11.8 Å². The van der Waals surface area contributed by atoms with Gasteiger partial charge in [-0.05, 0) is 19.1 Å². The molecule has 2 rings (SSSR count). The normalized spacial score (nSPS) is 33.7. The van der Waals surface area contributed by atoms with Gasteiger partial charge in [0.25, 0.3) is 0 Å².